The number of aromatic nitrogens is 2. The van der Waals surface area contributed by atoms with Crippen molar-refractivity contribution in [3.8, 4) is 0 Å². The molecule has 118 valence electrons. The summed E-state index contributed by atoms with van der Waals surface area (Å²) in [7, 11) is 2.98. The largest absolute Gasteiger partial charge is 0.396 e. The van der Waals surface area contributed by atoms with E-state index in [0.717, 1.165) is 0 Å². The second-order valence-corrected chi connectivity index (χ2v) is 5.18. The number of methoxy groups -OCH3 is 1. The molecule has 1 aliphatic carbocycles. The Bertz CT molecular complexity index is 533. The molecule has 1 aromatic heterocycles. The number of nitrogens with one attached hydrogen (secondary N) is 1. The zero-order valence-corrected chi connectivity index (χ0v) is 12.2. The lowest BCUT2D eigenvalue weighted by atomic mass is 10.1. The number of ether oxygens (including phenoxy) is 1. The molecule has 0 bridgehead atoms. The Kier molecular flexibility index (Phi) is 5.29. The van der Waals surface area contributed by atoms with Crippen molar-refractivity contribution in [2.75, 3.05) is 26.3 Å². The summed E-state index contributed by atoms with van der Waals surface area (Å²) >= 11 is 0. The van der Waals surface area contributed by atoms with Crippen LogP contribution in [-0.4, -0.2) is 46.7 Å². The topological polar surface area (TPSA) is 106 Å². The van der Waals surface area contributed by atoms with Crippen molar-refractivity contribution in [1.82, 2.24) is 9.55 Å². The van der Waals surface area contributed by atoms with Gasteiger partial charge in [-0.25, -0.2) is 10.3 Å². The fourth-order valence-corrected chi connectivity index (χ4v) is 2.71. The number of hydrogen-bond acceptors (Lipinski definition) is 7. The highest BCUT2D eigenvalue weighted by molar-refractivity contribution is 5.39. The second kappa shape index (κ2) is 6.99. The lowest BCUT2D eigenvalue weighted by Gasteiger charge is -2.16. The van der Waals surface area contributed by atoms with Gasteiger partial charge in [0.2, 0.25) is 0 Å². The van der Waals surface area contributed by atoms with Gasteiger partial charge in [0.15, 0.2) is 5.82 Å². The monoisotopic (exact) mass is 299 g/mol. The van der Waals surface area contributed by atoms with Crippen LogP contribution in [0.5, 0.6) is 0 Å². The van der Waals surface area contributed by atoms with Crippen LogP contribution in [0.1, 0.15) is 24.4 Å². The van der Waals surface area contributed by atoms with Gasteiger partial charge in [-0.3, -0.25) is 9.40 Å². The van der Waals surface area contributed by atoms with Crippen LogP contribution in [0.15, 0.2) is 11.0 Å². The SMILES string of the molecule is COCc1cn([C@@H]2C[C@H](CO)[C@@H](O)C2)c(=O)nc1NOC. The highest BCUT2D eigenvalue weighted by Crippen LogP contribution is 2.34. The average molecular weight is 299 g/mol. The van der Waals surface area contributed by atoms with Gasteiger partial charge in [-0.1, -0.05) is 0 Å². The van der Waals surface area contributed by atoms with E-state index >= 15 is 0 Å². The molecule has 0 aromatic carbocycles. The zero-order valence-electron chi connectivity index (χ0n) is 12.2. The minimum atomic E-state index is -0.602. The third-order valence-electron chi connectivity index (χ3n) is 3.79. The van der Waals surface area contributed by atoms with E-state index in [4.69, 9.17) is 9.57 Å². The van der Waals surface area contributed by atoms with Crippen LogP contribution in [0.4, 0.5) is 5.82 Å². The highest BCUT2D eigenvalue weighted by Gasteiger charge is 2.34. The van der Waals surface area contributed by atoms with Gasteiger partial charge in [0.05, 0.1) is 19.8 Å². The molecule has 2 rings (SSSR count). The first kappa shape index (κ1) is 15.9. The standard InChI is InChI=1S/C13H21N3O5/c1-20-7-9-5-16(13(19)14-12(9)15-21-2)10-3-8(6-17)11(18)4-10/h5,8,10-11,17-18H,3-4,6-7H2,1-2H3,(H,14,15,19)/t8-,10-,11+/m1/s1. The first-order valence-electron chi connectivity index (χ1n) is 6.79. The van der Waals surface area contributed by atoms with Gasteiger partial charge in [-0.15, -0.1) is 0 Å². The van der Waals surface area contributed by atoms with Gasteiger partial charge in [-0.05, 0) is 12.8 Å². The molecule has 1 aliphatic rings. The van der Waals surface area contributed by atoms with Crippen LogP contribution in [-0.2, 0) is 16.2 Å². The fourth-order valence-electron chi connectivity index (χ4n) is 2.71. The Morgan fingerprint density at radius 3 is 2.81 bits per heavy atom. The van der Waals surface area contributed by atoms with Crippen LogP contribution >= 0.6 is 0 Å². The van der Waals surface area contributed by atoms with Gasteiger partial charge in [0.25, 0.3) is 0 Å². The van der Waals surface area contributed by atoms with Gasteiger partial charge in [-0.2, -0.15) is 4.98 Å². The minimum absolute atomic E-state index is 0.0892. The summed E-state index contributed by atoms with van der Waals surface area (Å²) < 4.78 is 6.59. The summed E-state index contributed by atoms with van der Waals surface area (Å²) in [5.41, 5.74) is 2.81. The number of rotatable bonds is 6. The maximum absolute atomic E-state index is 12.1. The van der Waals surface area contributed by atoms with Gasteiger partial charge >= 0.3 is 5.69 Å². The summed E-state index contributed by atoms with van der Waals surface area (Å²) in [6.07, 6.45) is 2.03. The molecule has 1 saturated carbocycles. The van der Waals surface area contributed by atoms with E-state index in [2.05, 4.69) is 10.5 Å². The molecule has 0 saturated heterocycles. The Labute approximate surface area is 122 Å². The minimum Gasteiger partial charge on any atom is -0.396 e. The van der Waals surface area contributed by atoms with Crippen LogP contribution in [0.2, 0.25) is 0 Å². The maximum Gasteiger partial charge on any atom is 0.349 e. The van der Waals surface area contributed by atoms with Crippen molar-refractivity contribution in [3.63, 3.8) is 0 Å². The third-order valence-corrected chi connectivity index (χ3v) is 3.79. The molecule has 8 nitrogen and oxygen atoms in total. The molecule has 8 heteroatoms. The van der Waals surface area contributed by atoms with Crippen molar-refractivity contribution in [2.24, 2.45) is 5.92 Å². The predicted octanol–water partition coefficient (Wildman–Crippen LogP) is -0.333. The molecular weight excluding hydrogens is 278 g/mol. The summed E-state index contributed by atoms with van der Waals surface area (Å²) in [6.45, 7) is 0.186. The molecule has 1 fully saturated rings. The van der Waals surface area contributed by atoms with Crippen molar-refractivity contribution in [1.29, 1.82) is 0 Å². The van der Waals surface area contributed by atoms with Crippen LogP contribution in [0.25, 0.3) is 0 Å². The molecule has 0 unspecified atom stereocenters. The van der Waals surface area contributed by atoms with Gasteiger partial charge in [0.1, 0.15) is 0 Å². The van der Waals surface area contributed by atoms with E-state index < -0.39 is 11.8 Å². The van der Waals surface area contributed by atoms with Gasteiger partial charge in [0, 0.05) is 37.4 Å². The van der Waals surface area contributed by atoms with E-state index in [9.17, 15) is 15.0 Å². The van der Waals surface area contributed by atoms with E-state index in [-0.39, 0.29) is 25.2 Å². The molecule has 3 N–H and O–H groups in total. The molecule has 3 atom stereocenters. The highest BCUT2D eigenvalue weighted by atomic mass is 16.6. The number of nitrogens with zero attached hydrogens (tertiary/aromatic N) is 2. The Morgan fingerprint density at radius 1 is 1.48 bits per heavy atom. The normalized spacial score (nSPS) is 25.2. The third kappa shape index (κ3) is 3.41. The van der Waals surface area contributed by atoms with Crippen LogP contribution in [0.3, 0.4) is 0 Å². The first-order chi connectivity index (χ1) is 10.1. The Hall–Kier alpha value is -1.48. The molecule has 0 amide bonds. The van der Waals surface area contributed by atoms with Crippen molar-refractivity contribution < 1.29 is 19.8 Å². The van der Waals surface area contributed by atoms with E-state index in [1.54, 1.807) is 13.3 Å². The van der Waals surface area contributed by atoms with Crippen molar-refractivity contribution in [3.05, 3.63) is 22.2 Å². The van der Waals surface area contributed by atoms with Crippen LogP contribution in [0, 0.1) is 5.92 Å². The molecular formula is C13H21N3O5. The van der Waals surface area contributed by atoms with E-state index in [1.165, 1.54) is 11.7 Å². The molecule has 21 heavy (non-hydrogen) atoms. The zero-order chi connectivity index (χ0) is 15.4. The molecule has 1 heterocycles. The van der Waals surface area contributed by atoms with Crippen LogP contribution < -0.4 is 11.2 Å². The molecule has 0 radical (unpaired) electrons. The second-order valence-electron chi connectivity index (χ2n) is 5.18. The predicted molar refractivity (Wildman–Crippen MR) is 74.7 cm³/mol. The van der Waals surface area contributed by atoms with E-state index in [1.807, 2.05) is 0 Å². The molecule has 0 aliphatic heterocycles. The Balaban J connectivity index is 2.32. The average Bonchev–Trinajstić information content (AvgIpc) is 2.83. The molecule has 0 spiro atoms. The lowest BCUT2D eigenvalue weighted by molar-refractivity contribution is 0.0906. The summed E-state index contributed by atoms with van der Waals surface area (Å²) in [6, 6.07) is -0.177. The quantitative estimate of drug-likeness (QED) is 0.617. The van der Waals surface area contributed by atoms with Crippen molar-refractivity contribution in [2.45, 2.75) is 31.6 Å². The summed E-state index contributed by atoms with van der Waals surface area (Å²) in [4.78, 5) is 20.9. The number of aliphatic hydroxyl groups is 2. The summed E-state index contributed by atoms with van der Waals surface area (Å²) in [5, 5.41) is 19.1. The Morgan fingerprint density at radius 2 is 2.24 bits per heavy atom. The number of hydrogen-bond donors (Lipinski definition) is 3. The number of aliphatic hydroxyl groups excluding tert-OH is 2. The maximum atomic E-state index is 12.1. The molecule has 1 aromatic rings. The van der Waals surface area contributed by atoms with Gasteiger partial charge < -0.3 is 14.9 Å². The first-order valence-corrected chi connectivity index (χ1v) is 6.79. The van der Waals surface area contributed by atoms with E-state index in [0.29, 0.717) is 24.2 Å². The van der Waals surface area contributed by atoms with Crippen molar-refractivity contribution >= 4 is 5.82 Å². The summed E-state index contributed by atoms with van der Waals surface area (Å²) in [5.74, 6) is 0.113. The lowest BCUT2D eigenvalue weighted by Crippen LogP contribution is -2.28. The smallest absolute Gasteiger partial charge is 0.349 e. The fraction of sp³-hybridized carbons (Fsp3) is 0.692. The number of anilines is 1.